The summed E-state index contributed by atoms with van der Waals surface area (Å²) >= 11 is 0. The maximum absolute atomic E-state index is 9.38. The van der Waals surface area contributed by atoms with Crippen molar-refractivity contribution in [2.75, 3.05) is 26.3 Å². The first-order valence-corrected chi connectivity index (χ1v) is 6.68. The van der Waals surface area contributed by atoms with Gasteiger partial charge in [0.05, 0.1) is 25.4 Å². The van der Waals surface area contributed by atoms with Crippen molar-refractivity contribution in [3.63, 3.8) is 0 Å². The predicted octanol–water partition coefficient (Wildman–Crippen LogP) is 2.37. The number of morpholine rings is 1. The zero-order valence-electron chi connectivity index (χ0n) is 11.5. The minimum absolute atomic E-state index is 0.164. The lowest BCUT2D eigenvalue weighted by molar-refractivity contribution is 0.0266. The molecule has 19 heavy (non-hydrogen) atoms. The lowest BCUT2D eigenvalue weighted by Gasteiger charge is -2.30. The summed E-state index contributed by atoms with van der Waals surface area (Å²) in [6, 6.07) is 9.99. The summed E-state index contributed by atoms with van der Waals surface area (Å²) in [4.78, 5) is 2.15. The van der Waals surface area contributed by atoms with E-state index in [9.17, 15) is 5.26 Å². The number of nitrogens with zero attached hydrogens (tertiary/aromatic N) is 2. The van der Waals surface area contributed by atoms with E-state index in [-0.39, 0.29) is 12.1 Å². The van der Waals surface area contributed by atoms with Crippen LogP contribution < -0.4 is 4.74 Å². The Balaban J connectivity index is 2.08. The molecule has 0 spiro atoms. The molecule has 0 aromatic heterocycles. The molecule has 2 rings (SSSR count). The Morgan fingerprint density at radius 3 is 2.37 bits per heavy atom. The normalized spacial score (nSPS) is 18.0. The molecule has 1 heterocycles. The molecule has 102 valence electrons. The van der Waals surface area contributed by atoms with E-state index in [1.807, 2.05) is 38.1 Å². The first-order valence-electron chi connectivity index (χ1n) is 6.68. The van der Waals surface area contributed by atoms with Gasteiger partial charge in [-0.15, -0.1) is 0 Å². The second kappa shape index (κ2) is 6.55. The second-order valence-electron chi connectivity index (χ2n) is 4.92. The predicted molar refractivity (Wildman–Crippen MR) is 73.0 cm³/mol. The fourth-order valence-electron chi connectivity index (χ4n) is 2.20. The molecule has 4 heteroatoms. The monoisotopic (exact) mass is 260 g/mol. The van der Waals surface area contributed by atoms with E-state index in [4.69, 9.17) is 9.47 Å². The number of hydrogen-bond acceptors (Lipinski definition) is 4. The molecule has 1 aliphatic rings. The van der Waals surface area contributed by atoms with E-state index in [1.165, 1.54) is 0 Å². The van der Waals surface area contributed by atoms with Gasteiger partial charge in [0.1, 0.15) is 11.8 Å². The summed E-state index contributed by atoms with van der Waals surface area (Å²) in [5, 5.41) is 9.38. The third-order valence-corrected chi connectivity index (χ3v) is 3.10. The molecule has 1 unspecified atom stereocenters. The van der Waals surface area contributed by atoms with Gasteiger partial charge in [0.2, 0.25) is 0 Å². The zero-order valence-corrected chi connectivity index (χ0v) is 11.5. The van der Waals surface area contributed by atoms with Crippen LogP contribution in [-0.4, -0.2) is 37.3 Å². The summed E-state index contributed by atoms with van der Waals surface area (Å²) in [5.41, 5.74) is 1.01. The van der Waals surface area contributed by atoms with Crippen LogP contribution in [0.4, 0.5) is 0 Å². The molecule has 1 saturated heterocycles. The molecule has 1 aromatic rings. The molecule has 0 saturated carbocycles. The van der Waals surface area contributed by atoms with Crippen LogP contribution in [-0.2, 0) is 4.74 Å². The molecular formula is C15H20N2O2. The van der Waals surface area contributed by atoms with Crippen molar-refractivity contribution in [3.05, 3.63) is 29.8 Å². The molecule has 0 radical (unpaired) electrons. The highest BCUT2D eigenvalue weighted by molar-refractivity contribution is 5.31. The molecule has 1 aromatic carbocycles. The number of rotatable bonds is 4. The topological polar surface area (TPSA) is 45.5 Å². The van der Waals surface area contributed by atoms with Gasteiger partial charge in [-0.1, -0.05) is 12.1 Å². The molecule has 0 amide bonds. The largest absolute Gasteiger partial charge is 0.491 e. The molecule has 0 N–H and O–H groups in total. The SMILES string of the molecule is CC(C)Oc1ccc(C(C#N)N2CCOCC2)cc1. The fraction of sp³-hybridized carbons (Fsp3) is 0.533. The van der Waals surface area contributed by atoms with Crippen molar-refractivity contribution in [2.45, 2.75) is 26.0 Å². The van der Waals surface area contributed by atoms with Crippen molar-refractivity contribution < 1.29 is 9.47 Å². The summed E-state index contributed by atoms with van der Waals surface area (Å²) in [5.74, 6) is 0.845. The van der Waals surface area contributed by atoms with Gasteiger partial charge in [-0.05, 0) is 31.5 Å². The Hall–Kier alpha value is -1.57. The average Bonchev–Trinajstić information content (AvgIpc) is 2.42. The van der Waals surface area contributed by atoms with Crippen LogP contribution in [0.15, 0.2) is 24.3 Å². The van der Waals surface area contributed by atoms with Crippen molar-refractivity contribution in [1.29, 1.82) is 5.26 Å². The Kier molecular flexibility index (Phi) is 4.78. The summed E-state index contributed by atoms with van der Waals surface area (Å²) in [7, 11) is 0. The van der Waals surface area contributed by atoms with E-state index in [1.54, 1.807) is 0 Å². The number of nitriles is 1. The zero-order chi connectivity index (χ0) is 13.7. The first-order chi connectivity index (χ1) is 9.20. The van der Waals surface area contributed by atoms with Crippen molar-refractivity contribution >= 4 is 0 Å². The minimum atomic E-state index is -0.197. The van der Waals surface area contributed by atoms with E-state index in [0.29, 0.717) is 13.2 Å². The van der Waals surface area contributed by atoms with Crippen LogP contribution >= 0.6 is 0 Å². The van der Waals surface area contributed by atoms with Crippen LogP contribution in [0.25, 0.3) is 0 Å². The first kappa shape index (κ1) is 13.9. The molecule has 4 nitrogen and oxygen atoms in total. The maximum Gasteiger partial charge on any atom is 0.124 e. The van der Waals surface area contributed by atoms with Gasteiger partial charge in [0.15, 0.2) is 0 Å². The molecule has 0 bridgehead atoms. The lowest BCUT2D eigenvalue weighted by Crippen LogP contribution is -2.38. The quantitative estimate of drug-likeness (QED) is 0.833. The minimum Gasteiger partial charge on any atom is -0.491 e. The highest BCUT2D eigenvalue weighted by Crippen LogP contribution is 2.23. The van der Waals surface area contributed by atoms with Crippen LogP contribution in [0.1, 0.15) is 25.5 Å². The Bertz CT molecular complexity index is 430. The van der Waals surface area contributed by atoms with E-state index < -0.39 is 0 Å². The molecular weight excluding hydrogens is 240 g/mol. The highest BCUT2D eigenvalue weighted by atomic mass is 16.5. The molecule has 1 fully saturated rings. The number of ether oxygens (including phenoxy) is 2. The summed E-state index contributed by atoms with van der Waals surface area (Å²) in [6.07, 6.45) is 0.164. The maximum atomic E-state index is 9.38. The van der Waals surface area contributed by atoms with Crippen LogP contribution in [0.2, 0.25) is 0 Å². The Morgan fingerprint density at radius 2 is 1.84 bits per heavy atom. The van der Waals surface area contributed by atoms with Gasteiger partial charge < -0.3 is 9.47 Å². The summed E-state index contributed by atoms with van der Waals surface area (Å²) in [6.45, 7) is 7.02. The third-order valence-electron chi connectivity index (χ3n) is 3.10. The van der Waals surface area contributed by atoms with Crippen molar-refractivity contribution in [1.82, 2.24) is 4.90 Å². The third kappa shape index (κ3) is 3.69. The van der Waals surface area contributed by atoms with E-state index >= 15 is 0 Å². The van der Waals surface area contributed by atoms with Gasteiger partial charge in [-0.2, -0.15) is 5.26 Å². The van der Waals surface area contributed by atoms with Crippen molar-refractivity contribution in [3.8, 4) is 11.8 Å². The van der Waals surface area contributed by atoms with Crippen molar-refractivity contribution in [2.24, 2.45) is 0 Å². The average molecular weight is 260 g/mol. The van der Waals surface area contributed by atoms with Gasteiger partial charge in [0, 0.05) is 13.1 Å². The fourth-order valence-corrected chi connectivity index (χ4v) is 2.20. The van der Waals surface area contributed by atoms with Gasteiger partial charge in [-0.3, -0.25) is 4.90 Å². The Labute approximate surface area is 114 Å². The standard InChI is InChI=1S/C15H20N2O2/c1-12(2)19-14-5-3-13(4-6-14)15(11-16)17-7-9-18-10-8-17/h3-6,12,15H,7-10H2,1-2H3. The van der Waals surface area contributed by atoms with E-state index in [0.717, 1.165) is 24.4 Å². The highest BCUT2D eigenvalue weighted by Gasteiger charge is 2.22. The van der Waals surface area contributed by atoms with Gasteiger partial charge >= 0.3 is 0 Å². The molecule has 1 atom stereocenters. The smallest absolute Gasteiger partial charge is 0.124 e. The number of hydrogen-bond donors (Lipinski definition) is 0. The second-order valence-corrected chi connectivity index (χ2v) is 4.92. The Morgan fingerprint density at radius 1 is 1.21 bits per heavy atom. The molecule has 0 aliphatic carbocycles. The van der Waals surface area contributed by atoms with Gasteiger partial charge in [0.25, 0.3) is 0 Å². The van der Waals surface area contributed by atoms with Crippen LogP contribution in [0.3, 0.4) is 0 Å². The number of benzene rings is 1. The molecule has 1 aliphatic heterocycles. The summed E-state index contributed by atoms with van der Waals surface area (Å²) < 4.78 is 10.9. The van der Waals surface area contributed by atoms with Gasteiger partial charge in [-0.25, -0.2) is 0 Å². The van der Waals surface area contributed by atoms with Crippen LogP contribution in [0.5, 0.6) is 5.75 Å². The van der Waals surface area contributed by atoms with E-state index in [2.05, 4.69) is 11.0 Å². The van der Waals surface area contributed by atoms with Crippen LogP contribution in [0, 0.1) is 11.3 Å². The lowest BCUT2D eigenvalue weighted by atomic mass is 10.1.